The number of methoxy groups -OCH3 is 1. The van der Waals surface area contributed by atoms with Crippen LogP contribution in [-0.4, -0.2) is 35.6 Å². The first kappa shape index (κ1) is 22.5. The van der Waals surface area contributed by atoms with E-state index >= 15 is 0 Å². The maximum Gasteiger partial charge on any atom is 0.336 e. The highest BCUT2D eigenvalue weighted by Crippen LogP contribution is 2.41. The molecule has 0 amide bonds. The molecule has 2 aromatic heterocycles. The summed E-state index contributed by atoms with van der Waals surface area (Å²) in [4.78, 5) is 32.7. The molecule has 1 aliphatic rings. The maximum absolute atomic E-state index is 13.4. The zero-order valence-corrected chi connectivity index (χ0v) is 19.6. The van der Waals surface area contributed by atoms with E-state index in [2.05, 4.69) is 21.4 Å². The fraction of sp³-hybridized carbons (Fsp3) is 0.308. The van der Waals surface area contributed by atoms with Crippen LogP contribution in [-0.2, 0) is 25.5 Å². The summed E-state index contributed by atoms with van der Waals surface area (Å²) in [6, 6.07) is 9.87. The van der Waals surface area contributed by atoms with Crippen molar-refractivity contribution in [2.75, 3.05) is 13.7 Å². The van der Waals surface area contributed by atoms with Crippen LogP contribution in [0.1, 0.15) is 42.3 Å². The number of hydrogen-bond acceptors (Lipinski definition) is 5. The van der Waals surface area contributed by atoms with Gasteiger partial charge in [-0.1, -0.05) is 18.2 Å². The van der Waals surface area contributed by atoms with Gasteiger partial charge in [-0.05, 0) is 51.0 Å². The number of aryl methyl sites for hydroxylation is 2. The van der Waals surface area contributed by atoms with Gasteiger partial charge in [-0.25, -0.2) is 9.59 Å². The molecule has 7 heteroatoms. The highest BCUT2D eigenvalue weighted by molar-refractivity contribution is 6.01. The summed E-state index contributed by atoms with van der Waals surface area (Å²) in [5.74, 6) is -1.54. The number of benzene rings is 1. The minimum Gasteiger partial charge on any atom is -0.466 e. The van der Waals surface area contributed by atoms with Gasteiger partial charge < -0.3 is 24.8 Å². The Morgan fingerprint density at radius 3 is 2.36 bits per heavy atom. The fourth-order valence-corrected chi connectivity index (χ4v) is 4.66. The van der Waals surface area contributed by atoms with E-state index in [-0.39, 0.29) is 6.61 Å². The van der Waals surface area contributed by atoms with Crippen LogP contribution in [0.15, 0.2) is 59.1 Å². The lowest BCUT2D eigenvalue weighted by Gasteiger charge is -2.30. The van der Waals surface area contributed by atoms with Crippen molar-refractivity contribution in [2.24, 2.45) is 0 Å². The molecule has 172 valence electrons. The minimum atomic E-state index is -0.612. The number of aromatic amines is 2. The second-order valence-electron chi connectivity index (χ2n) is 8.41. The molecule has 1 unspecified atom stereocenters. The SMILES string of the molecule is COC(=O)C1=C(C)NC(C)=C(C(=O)OCCc2cc(C)[nH]c2C)C1c1c[nH]c2ccccc12. The largest absolute Gasteiger partial charge is 0.466 e. The molecule has 1 aliphatic heterocycles. The van der Waals surface area contributed by atoms with E-state index in [0.717, 1.165) is 33.4 Å². The minimum absolute atomic E-state index is 0.241. The Hall–Kier alpha value is -3.74. The molecule has 33 heavy (non-hydrogen) atoms. The van der Waals surface area contributed by atoms with E-state index in [0.29, 0.717) is 29.0 Å². The third-order valence-corrected chi connectivity index (χ3v) is 6.18. The lowest BCUT2D eigenvalue weighted by Crippen LogP contribution is -2.32. The second-order valence-corrected chi connectivity index (χ2v) is 8.41. The zero-order valence-electron chi connectivity index (χ0n) is 19.6. The van der Waals surface area contributed by atoms with Crippen LogP contribution in [0.5, 0.6) is 0 Å². The zero-order chi connectivity index (χ0) is 23.7. The van der Waals surface area contributed by atoms with E-state index in [1.807, 2.05) is 58.2 Å². The number of dihydropyridines is 1. The van der Waals surface area contributed by atoms with E-state index < -0.39 is 17.9 Å². The van der Waals surface area contributed by atoms with Crippen molar-refractivity contribution < 1.29 is 19.1 Å². The first-order chi connectivity index (χ1) is 15.8. The van der Waals surface area contributed by atoms with Gasteiger partial charge >= 0.3 is 11.9 Å². The van der Waals surface area contributed by atoms with E-state index in [1.54, 1.807) is 0 Å². The molecule has 7 nitrogen and oxygen atoms in total. The van der Waals surface area contributed by atoms with Gasteiger partial charge in [0.1, 0.15) is 0 Å². The number of rotatable bonds is 6. The smallest absolute Gasteiger partial charge is 0.336 e. The maximum atomic E-state index is 13.4. The Labute approximate surface area is 192 Å². The summed E-state index contributed by atoms with van der Waals surface area (Å²) >= 11 is 0. The number of carbonyl (C=O) groups excluding carboxylic acids is 2. The lowest BCUT2D eigenvalue weighted by atomic mass is 9.80. The predicted octanol–water partition coefficient (Wildman–Crippen LogP) is 4.31. The van der Waals surface area contributed by atoms with Crippen LogP contribution in [0.25, 0.3) is 10.9 Å². The van der Waals surface area contributed by atoms with Gasteiger partial charge in [-0.15, -0.1) is 0 Å². The number of fused-ring (bicyclic) bond motifs is 1. The van der Waals surface area contributed by atoms with E-state index in [4.69, 9.17) is 9.47 Å². The van der Waals surface area contributed by atoms with Crippen LogP contribution in [0, 0.1) is 13.8 Å². The summed E-state index contributed by atoms with van der Waals surface area (Å²) in [6.45, 7) is 7.89. The molecule has 3 heterocycles. The highest BCUT2D eigenvalue weighted by atomic mass is 16.5. The summed E-state index contributed by atoms with van der Waals surface area (Å²) in [5.41, 5.74) is 7.15. The van der Waals surface area contributed by atoms with E-state index in [9.17, 15) is 9.59 Å². The standard InChI is InChI=1S/C26H29N3O4/c1-14-12-18(15(2)28-14)10-11-33-26(31)23-17(4)29-16(3)22(25(30)32-5)24(23)20-13-27-21-9-7-6-8-19(20)21/h6-9,12-13,24,27-29H,10-11H2,1-5H3. The molecule has 3 N–H and O–H groups in total. The molecule has 0 spiro atoms. The van der Waals surface area contributed by atoms with Crippen molar-refractivity contribution in [1.29, 1.82) is 0 Å². The van der Waals surface area contributed by atoms with Gasteiger partial charge in [0, 0.05) is 46.3 Å². The summed E-state index contributed by atoms with van der Waals surface area (Å²) in [7, 11) is 1.35. The number of esters is 2. The summed E-state index contributed by atoms with van der Waals surface area (Å²) in [5, 5.41) is 4.12. The van der Waals surface area contributed by atoms with Crippen LogP contribution < -0.4 is 5.32 Å². The van der Waals surface area contributed by atoms with Crippen molar-refractivity contribution in [3.8, 4) is 0 Å². The molecule has 0 saturated carbocycles. The highest BCUT2D eigenvalue weighted by Gasteiger charge is 2.38. The molecule has 4 rings (SSSR count). The number of aromatic nitrogens is 2. The molecule has 1 aromatic carbocycles. The first-order valence-electron chi connectivity index (χ1n) is 11.0. The Bertz CT molecular complexity index is 1290. The van der Waals surface area contributed by atoms with Crippen LogP contribution >= 0.6 is 0 Å². The second kappa shape index (κ2) is 9.02. The first-order valence-corrected chi connectivity index (χ1v) is 11.0. The van der Waals surface area contributed by atoms with Crippen LogP contribution in [0.2, 0.25) is 0 Å². The fourth-order valence-electron chi connectivity index (χ4n) is 4.66. The Morgan fingerprint density at radius 2 is 1.70 bits per heavy atom. The van der Waals surface area contributed by atoms with Crippen molar-refractivity contribution in [1.82, 2.24) is 15.3 Å². The van der Waals surface area contributed by atoms with Crippen LogP contribution in [0.4, 0.5) is 0 Å². The summed E-state index contributed by atoms with van der Waals surface area (Å²) < 4.78 is 10.8. The van der Waals surface area contributed by atoms with Crippen molar-refractivity contribution in [3.63, 3.8) is 0 Å². The monoisotopic (exact) mass is 447 g/mol. The average Bonchev–Trinajstić information content (AvgIpc) is 3.34. The van der Waals surface area contributed by atoms with Gasteiger partial charge in [0.2, 0.25) is 0 Å². The number of nitrogens with one attached hydrogen (secondary N) is 3. The van der Waals surface area contributed by atoms with Crippen molar-refractivity contribution in [2.45, 2.75) is 40.0 Å². The summed E-state index contributed by atoms with van der Waals surface area (Å²) in [6.07, 6.45) is 2.46. The number of allylic oxidation sites excluding steroid dienone is 2. The average molecular weight is 448 g/mol. The topological polar surface area (TPSA) is 96.2 Å². The Kier molecular flexibility index (Phi) is 6.14. The third kappa shape index (κ3) is 4.18. The molecule has 0 fully saturated rings. The van der Waals surface area contributed by atoms with E-state index in [1.165, 1.54) is 7.11 Å². The predicted molar refractivity (Wildman–Crippen MR) is 127 cm³/mol. The molecular weight excluding hydrogens is 418 g/mol. The molecule has 0 radical (unpaired) electrons. The number of para-hydroxylation sites is 1. The Balaban J connectivity index is 1.69. The molecule has 3 aromatic rings. The molecule has 0 bridgehead atoms. The number of H-pyrrole nitrogens is 2. The van der Waals surface area contributed by atoms with Gasteiger partial charge in [-0.3, -0.25) is 0 Å². The molecule has 0 aliphatic carbocycles. The van der Waals surface area contributed by atoms with Crippen LogP contribution in [0.3, 0.4) is 0 Å². The molecule has 0 saturated heterocycles. The normalized spacial score (nSPS) is 16.2. The van der Waals surface area contributed by atoms with Gasteiger partial charge in [-0.2, -0.15) is 0 Å². The lowest BCUT2D eigenvalue weighted by molar-refractivity contribution is -0.139. The number of ether oxygens (including phenoxy) is 2. The van der Waals surface area contributed by atoms with Crippen molar-refractivity contribution >= 4 is 22.8 Å². The van der Waals surface area contributed by atoms with Gasteiger partial charge in [0.25, 0.3) is 0 Å². The quantitative estimate of drug-likeness (QED) is 0.490. The molecular formula is C26H29N3O4. The molecule has 1 atom stereocenters. The number of hydrogen-bond donors (Lipinski definition) is 3. The van der Waals surface area contributed by atoms with Gasteiger partial charge in [0.15, 0.2) is 0 Å². The Morgan fingerprint density at radius 1 is 1.00 bits per heavy atom. The number of carbonyl (C=O) groups is 2. The third-order valence-electron chi connectivity index (χ3n) is 6.18. The van der Waals surface area contributed by atoms with Gasteiger partial charge in [0.05, 0.1) is 30.8 Å². The van der Waals surface area contributed by atoms with Crippen molar-refractivity contribution in [3.05, 3.63) is 81.6 Å².